The monoisotopic (exact) mass is 865 g/mol. The summed E-state index contributed by atoms with van der Waals surface area (Å²) in [5.41, 5.74) is 13.6. The predicted octanol–water partition coefficient (Wildman–Crippen LogP) is 16.4. The van der Waals surface area contributed by atoms with E-state index in [1.165, 1.54) is 0 Å². The predicted molar refractivity (Wildman–Crippen MR) is 255 cm³/mol. The van der Waals surface area contributed by atoms with E-state index in [0.717, 1.165) is 99.3 Å². The summed E-state index contributed by atoms with van der Waals surface area (Å²) in [7, 11) is 0. The maximum absolute atomic E-state index is 14.8. The molecule has 0 fully saturated rings. The number of rotatable bonds is 9. The van der Waals surface area contributed by atoms with Gasteiger partial charge in [-0.25, -0.2) is 4.39 Å². The molecule has 0 bridgehead atoms. The highest BCUT2D eigenvalue weighted by atomic mass is 79.9. The normalized spacial score (nSPS) is 14.1. The van der Waals surface area contributed by atoms with Crippen molar-refractivity contribution < 1.29 is 13.5 Å². The second kappa shape index (κ2) is 15.2. The Balaban J connectivity index is 1.10. The van der Waals surface area contributed by atoms with Crippen LogP contribution in [0.1, 0.15) is 27.8 Å². The van der Waals surface area contributed by atoms with Crippen LogP contribution in [-0.4, -0.2) is 0 Å². The van der Waals surface area contributed by atoms with Gasteiger partial charge in [0, 0.05) is 38.4 Å². The summed E-state index contributed by atoms with van der Waals surface area (Å²) in [5, 5.41) is 2.15. The van der Waals surface area contributed by atoms with Crippen molar-refractivity contribution in [3.8, 4) is 33.8 Å². The molecular formula is C57H37BrFNO2. The lowest BCUT2D eigenvalue weighted by molar-refractivity contribution is 0.482. The van der Waals surface area contributed by atoms with Gasteiger partial charge in [0.15, 0.2) is 0 Å². The molecule has 0 saturated heterocycles. The number of nitrogens with zero attached hydrogens (tertiary/aromatic N) is 1. The number of ether oxygens (including phenoxy) is 1. The molecule has 1 unspecified atom stereocenters. The molecule has 1 atom stereocenters. The van der Waals surface area contributed by atoms with E-state index in [9.17, 15) is 4.39 Å². The minimum absolute atomic E-state index is 0.283. The van der Waals surface area contributed by atoms with Crippen molar-refractivity contribution in [2.75, 3.05) is 4.90 Å². The zero-order valence-electron chi connectivity index (χ0n) is 33.4. The van der Waals surface area contributed by atoms with Crippen molar-refractivity contribution >= 4 is 61.0 Å². The Hall–Kier alpha value is -7.47. The van der Waals surface area contributed by atoms with E-state index in [1.54, 1.807) is 12.1 Å². The summed E-state index contributed by atoms with van der Waals surface area (Å²) in [6, 6.07) is 70.2. The molecule has 3 nitrogen and oxygen atoms in total. The minimum atomic E-state index is -0.792. The van der Waals surface area contributed by atoms with Crippen LogP contribution in [0.4, 0.5) is 21.5 Å². The lowest BCUT2D eigenvalue weighted by Crippen LogP contribution is -2.28. The molecule has 0 amide bonds. The van der Waals surface area contributed by atoms with Gasteiger partial charge >= 0.3 is 0 Å². The van der Waals surface area contributed by atoms with Crippen molar-refractivity contribution in [1.29, 1.82) is 0 Å². The van der Waals surface area contributed by atoms with Crippen LogP contribution < -0.4 is 9.64 Å². The van der Waals surface area contributed by atoms with E-state index in [2.05, 4.69) is 155 Å². The number of anilines is 3. The molecule has 1 aromatic heterocycles. The molecule has 5 heteroatoms. The zero-order valence-corrected chi connectivity index (χ0v) is 35.0. The first-order valence-electron chi connectivity index (χ1n) is 20.5. The first-order chi connectivity index (χ1) is 30.5. The summed E-state index contributed by atoms with van der Waals surface area (Å²) in [5.74, 6) is 1.17. The SMILES string of the molecule is C=Cc1ccc(Oc2ccc(C3(c4ccc(F)cc4)c4ccccc4-c4ccc(N(c5ccc(-c6ccc(Br)cc6)cc5)c5ccc6c(c5)oc5ccccc56)cc43)cc2)cc1. The zero-order chi connectivity index (χ0) is 41.8. The van der Waals surface area contributed by atoms with E-state index < -0.39 is 5.41 Å². The minimum Gasteiger partial charge on any atom is -0.457 e. The maximum Gasteiger partial charge on any atom is 0.137 e. The molecule has 1 aliphatic rings. The summed E-state index contributed by atoms with van der Waals surface area (Å²) in [4.78, 5) is 2.30. The number of fused-ring (bicyclic) bond motifs is 6. The fraction of sp³-hybridized carbons (Fsp3) is 0.0175. The average Bonchev–Trinajstić information content (AvgIpc) is 3.84. The molecule has 10 aromatic rings. The standard InChI is InChI=1S/C57H37BrFNO2/c1-2-37-11-29-47(30-12-37)61-48-31-19-41(20-32-48)57(40-17-23-43(59)24-18-40)53-9-5-3-7-49(53)50-33-27-45(35-54(50)57)60(44-25-15-39(16-26-44)38-13-21-42(58)22-14-38)46-28-34-52-51-8-4-6-10-55(51)62-56(52)36-46/h2-36H,1H2. The van der Waals surface area contributed by atoms with Gasteiger partial charge < -0.3 is 14.1 Å². The van der Waals surface area contributed by atoms with Crippen molar-refractivity contribution in [2.24, 2.45) is 0 Å². The number of hydrogen-bond donors (Lipinski definition) is 0. The van der Waals surface area contributed by atoms with E-state index in [1.807, 2.05) is 72.8 Å². The summed E-state index contributed by atoms with van der Waals surface area (Å²) in [6.07, 6.45) is 1.82. The lowest BCUT2D eigenvalue weighted by Gasteiger charge is -2.35. The number of furan rings is 1. The molecular weight excluding hydrogens is 830 g/mol. The molecule has 9 aromatic carbocycles. The van der Waals surface area contributed by atoms with Crippen molar-refractivity contribution in [3.05, 3.63) is 251 Å². The number of para-hydroxylation sites is 1. The van der Waals surface area contributed by atoms with Crippen LogP contribution in [0.5, 0.6) is 11.5 Å². The molecule has 0 saturated carbocycles. The third-order valence-corrected chi connectivity index (χ3v) is 12.7. The van der Waals surface area contributed by atoms with Crippen LogP contribution in [0.25, 0.3) is 50.3 Å². The van der Waals surface area contributed by atoms with E-state index in [0.29, 0.717) is 5.75 Å². The molecule has 0 aliphatic heterocycles. The first-order valence-corrected chi connectivity index (χ1v) is 21.3. The van der Waals surface area contributed by atoms with Gasteiger partial charge in [0.25, 0.3) is 0 Å². The average molecular weight is 867 g/mol. The van der Waals surface area contributed by atoms with Crippen molar-refractivity contribution in [2.45, 2.75) is 5.41 Å². The summed E-state index contributed by atoms with van der Waals surface area (Å²) < 4.78 is 28.7. The fourth-order valence-electron chi connectivity index (χ4n) is 9.22. The molecule has 296 valence electrons. The summed E-state index contributed by atoms with van der Waals surface area (Å²) in [6.45, 7) is 3.87. The Morgan fingerprint density at radius 3 is 1.81 bits per heavy atom. The Kier molecular flexibility index (Phi) is 9.21. The molecule has 11 rings (SSSR count). The largest absolute Gasteiger partial charge is 0.457 e. The van der Waals surface area contributed by atoms with Gasteiger partial charge in [-0.1, -0.05) is 138 Å². The second-order valence-corrected chi connectivity index (χ2v) is 16.5. The Labute approximate surface area is 367 Å². The van der Waals surface area contributed by atoms with Crippen LogP contribution in [0.3, 0.4) is 0 Å². The van der Waals surface area contributed by atoms with Gasteiger partial charge in [0.2, 0.25) is 0 Å². The third kappa shape index (κ3) is 6.32. The second-order valence-electron chi connectivity index (χ2n) is 15.6. The highest BCUT2D eigenvalue weighted by molar-refractivity contribution is 9.10. The molecule has 0 N–H and O–H groups in total. The summed E-state index contributed by atoms with van der Waals surface area (Å²) >= 11 is 3.58. The Bertz CT molecular complexity index is 3280. The van der Waals surface area contributed by atoms with Crippen molar-refractivity contribution in [1.82, 2.24) is 0 Å². The highest BCUT2D eigenvalue weighted by Gasteiger charge is 2.46. The third-order valence-electron chi connectivity index (χ3n) is 12.1. The number of hydrogen-bond acceptors (Lipinski definition) is 3. The molecule has 0 spiro atoms. The molecule has 1 heterocycles. The quantitative estimate of drug-likeness (QED) is 0.145. The lowest BCUT2D eigenvalue weighted by atomic mass is 9.67. The van der Waals surface area contributed by atoms with Gasteiger partial charge in [-0.05, 0) is 141 Å². The van der Waals surface area contributed by atoms with Gasteiger partial charge in [-0.3, -0.25) is 0 Å². The molecule has 0 radical (unpaired) electrons. The van der Waals surface area contributed by atoms with Crippen LogP contribution >= 0.6 is 15.9 Å². The van der Waals surface area contributed by atoms with E-state index in [-0.39, 0.29) is 5.82 Å². The maximum atomic E-state index is 14.8. The van der Waals surface area contributed by atoms with Crippen LogP contribution in [0, 0.1) is 5.82 Å². The van der Waals surface area contributed by atoms with Crippen molar-refractivity contribution in [3.63, 3.8) is 0 Å². The van der Waals surface area contributed by atoms with Gasteiger partial charge in [-0.15, -0.1) is 0 Å². The van der Waals surface area contributed by atoms with Gasteiger partial charge in [0.1, 0.15) is 28.5 Å². The number of benzene rings is 9. The Morgan fingerprint density at radius 1 is 0.516 bits per heavy atom. The first kappa shape index (κ1) is 37.5. The smallest absolute Gasteiger partial charge is 0.137 e. The van der Waals surface area contributed by atoms with E-state index >= 15 is 0 Å². The highest BCUT2D eigenvalue weighted by Crippen LogP contribution is 2.57. The Morgan fingerprint density at radius 2 is 1.08 bits per heavy atom. The van der Waals surface area contributed by atoms with Crippen LogP contribution in [0.2, 0.25) is 0 Å². The van der Waals surface area contributed by atoms with Gasteiger partial charge in [-0.2, -0.15) is 0 Å². The molecule has 62 heavy (non-hydrogen) atoms. The molecule has 1 aliphatic carbocycles. The van der Waals surface area contributed by atoms with E-state index in [4.69, 9.17) is 9.15 Å². The van der Waals surface area contributed by atoms with Crippen LogP contribution in [0.15, 0.2) is 222 Å². The topological polar surface area (TPSA) is 25.6 Å². The van der Waals surface area contributed by atoms with Crippen LogP contribution in [-0.2, 0) is 5.41 Å². The number of halogens is 2. The fourth-order valence-corrected chi connectivity index (χ4v) is 9.49. The van der Waals surface area contributed by atoms with Gasteiger partial charge in [0.05, 0.1) is 5.41 Å².